The Morgan fingerprint density at radius 2 is 1.69 bits per heavy atom. The van der Waals surface area contributed by atoms with Crippen molar-refractivity contribution in [2.24, 2.45) is 0 Å². The molecule has 0 saturated heterocycles. The summed E-state index contributed by atoms with van der Waals surface area (Å²) in [6, 6.07) is 15.5. The van der Waals surface area contributed by atoms with E-state index in [0.29, 0.717) is 24.3 Å². The molecule has 0 spiro atoms. The van der Waals surface area contributed by atoms with E-state index in [4.69, 9.17) is 11.6 Å². The van der Waals surface area contributed by atoms with E-state index >= 15 is 0 Å². The molecule has 0 fully saturated rings. The Hall–Kier alpha value is -1.91. The number of halogens is 2. The molecule has 0 aromatic heterocycles. The number of hydrogen-bond acceptors (Lipinski definition) is 2. The molecule has 2 atom stereocenters. The van der Waals surface area contributed by atoms with Gasteiger partial charge in [0.15, 0.2) is 5.78 Å². The zero-order valence-corrected chi connectivity index (χ0v) is 16.3. The van der Waals surface area contributed by atoms with Crippen LogP contribution in [0.15, 0.2) is 64.3 Å². The van der Waals surface area contributed by atoms with Gasteiger partial charge in [-0.15, -0.1) is 0 Å². The first kappa shape index (κ1) is 17.5. The molecule has 2 aliphatic rings. The zero-order chi connectivity index (χ0) is 18.3. The highest BCUT2D eigenvalue weighted by Gasteiger charge is 2.38. The van der Waals surface area contributed by atoms with Gasteiger partial charge in [-0.2, -0.15) is 0 Å². The SMILES string of the molecule is O=C1CC(c2ccc(Br)cc2)C2=C(CC(c3ccccc3Cl)CC2=O)N1. The van der Waals surface area contributed by atoms with Gasteiger partial charge in [0, 0.05) is 39.5 Å². The molecule has 1 N–H and O–H groups in total. The third-order valence-corrected chi connectivity index (χ3v) is 6.03. The van der Waals surface area contributed by atoms with Crippen LogP contribution in [0.3, 0.4) is 0 Å². The number of ketones is 1. The summed E-state index contributed by atoms with van der Waals surface area (Å²) in [5, 5.41) is 3.61. The van der Waals surface area contributed by atoms with Gasteiger partial charge in [-0.1, -0.05) is 57.9 Å². The van der Waals surface area contributed by atoms with E-state index < -0.39 is 0 Å². The van der Waals surface area contributed by atoms with Crippen LogP contribution in [0, 0.1) is 0 Å². The Balaban J connectivity index is 1.73. The fraction of sp³-hybridized carbons (Fsp3) is 0.238. The Morgan fingerprint density at radius 3 is 2.42 bits per heavy atom. The van der Waals surface area contributed by atoms with Crippen molar-refractivity contribution in [1.29, 1.82) is 0 Å². The lowest BCUT2D eigenvalue weighted by Crippen LogP contribution is -2.38. The van der Waals surface area contributed by atoms with Gasteiger partial charge < -0.3 is 5.32 Å². The number of nitrogens with one attached hydrogen (secondary N) is 1. The van der Waals surface area contributed by atoms with Crippen molar-refractivity contribution in [3.05, 3.63) is 80.4 Å². The highest BCUT2D eigenvalue weighted by molar-refractivity contribution is 9.10. The van der Waals surface area contributed by atoms with Crippen LogP contribution < -0.4 is 5.32 Å². The van der Waals surface area contributed by atoms with Gasteiger partial charge in [-0.05, 0) is 41.7 Å². The number of rotatable bonds is 2. The molecule has 5 heteroatoms. The Bertz CT molecular complexity index is 920. The van der Waals surface area contributed by atoms with Crippen LogP contribution in [0.2, 0.25) is 5.02 Å². The van der Waals surface area contributed by atoms with Gasteiger partial charge in [0.25, 0.3) is 0 Å². The van der Waals surface area contributed by atoms with Gasteiger partial charge in [0.05, 0.1) is 0 Å². The monoisotopic (exact) mass is 429 g/mol. The van der Waals surface area contributed by atoms with Crippen molar-refractivity contribution in [2.75, 3.05) is 0 Å². The number of hydrogen-bond donors (Lipinski definition) is 1. The Kier molecular flexibility index (Phi) is 4.72. The molecule has 2 aromatic carbocycles. The van der Waals surface area contributed by atoms with E-state index in [0.717, 1.165) is 26.9 Å². The molecule has 0 bridgehead atoms. The first-order chi connectivity index (χ1) is 12.5. The normalized spacial score (nSPS) is 22.8. The maximum absolute atomic E-state index is 13.0. The fourth-order valence-corrected chi connectivity index (χ4v) is 4.52. The molecule has 1 aliphatic heterocycles. The topological polar surface area (TPSA) is 46.2 Å². The number of Topliss-reactive ketones (excluding diaryl/α,β-unsaturated/α-hetero) is 1. The van der Waals surface area contributed by atoms with Crippen LogP contribution >= 0.6 is 27.5 Å². The highest BCUT2D eigenvalue weighted by atomic mass is 79.9. The molecule has 0 saturated carbocycles. The number of allylic oxidation sites excluding steroid dienone is 2. The van der Waals surface area contributed by atoms with Crippen LogP contribution in [0.5, 0.6) is 0 Å². The molecule has 26 heavy (non-hydrogen) atoms. The second kappa shape index (κ2) is 7.01. The predicted octanol–water partition coefficient (Wildman–Crippen LogP) is 5.11. The summed E-state index contributed by atoms with van der Waals surface area (Å²) in [5.74, 6) is -0.112. The molecular formula is C21H17BrClNO2. The van der Waals surface area contributed by atoms with Gasteiger partial charge in [-0.25, -0.2) is 0 Å². The highest BCUT2D eigenvalue weighted by Crippen LogP contribution is 2.43. The van der Waals surface area contributed by atoms with Gasteiger partial charge in [0.1, 0.15) is 0 Å². The lowest BCUT2D eigenvalue weighted by Gasteiger charge is -2.34. The second-order valence-electron chi connectivity index (χ2n) is 6.80. The van der Waals surface area contributed by atoms with E-state index in [1.54, 1.807) is 0 Å². The van der Waals surface area contributed by atoms with Crippen molar-refractivity contribution >= 4 is 39.2 Å². The lowest BCUT2D eigenvalue weighted by atomic mass is 9.73. The first-order valence-corrected chi connectivity index (χ1v) is 9.76. The molecule has 3 nitrogen and oxygen atoms in total. The van der Waals surface area contributed by atoms with Gasteiger partial charge in [0.2, 0.25) is 5.91 Å². The van der Waals surface area contributed by atoms with Crippen molar-refractivity contribution in [1.82, 2.24) is 5.32 Å². The summed E-state index contributed by atoms with van der Waals surface area (Å²) in [5.41, 5.74) is 3.49. The first-order valence-electron chi connectivity index (χ1n) is 8.59. The fourth-order valence-electron chi connectivity index (χ4n) is 3.97. The van der Waals surface area contributed by atoms with Crippen LogP contribution in [0.1, 0.15) is 42.2 Å². The van der Waals surface area contributed by atoms with E-state index in [1.165, 1.54) is 0 Å². The lowest BCUT2D eigenvalue weighted by molar-refractivity contribution is -0.122. The van der Waals surface area contributed by atoms with Crippen molar-refractivity contribution in [2.45, 2.75) is 31.1 Å². The molecule has 1 heterocycles. The average Bonchev–Trinajstić information content (AvgIpc) is 2.61. The summed E-state index contributed by atoms with van der Waals surface area (Å²) in [6.07, 6.45) is 1.36. The van der Waals surface area contributed by atoms with Gasteiger partial charge in [-0.3, -0.25) is 9.59 Å². The third kappa shape index (κ3) is 3.24. The minimum absolute atomic E-state index is 0.00100. The summed E-state index contributed by atoms with van der Waals surface area (Å²) < 4.78 is 0.976. The smallest absolute Gasteiger partial charge is 0.225 e. The molecule has 1 aliphatic carbocycles. The molecular weight excluding hydrogens is 414 g/mol. The third-order valence-electron chi connectivity index (χ3n) is 5.15. The van der Waals surface area contributed by atoms with Crippen molar-refractivity contribution in [3.8, 4) is 0 Å². The molecule has 2 aromatic rings. The minimum Gasteiger partial charge on any atom is -0.329 e. The van der Waals surface area contributed by atoms with Crippen LogP contribution in [-0.2, 0) is 9.59 Å². The van der Waals surface area contributed by atoms with E-state index in [1.807, 2.05) is 48.5 Å². The largest absolute Gasteiger partial charge is 0.329 e. The summed E-state index contributed by atoms with van der Waals surface area (Å²) >= 11 is 9.76. The summed E-state index contributed by atoms with van der Waals surface area (Å²) in [4.78, 5) is 25.3. The molecule has 1 amide bonds. The standard InChI is InChI=1S/C21H17BrClNO2/c22-14-7-5-12(6-8-14)16-11-20(26)24-18-9-13(10-19(25)21(16)18)15-3-1-2-4-17(15)23/h1-8,13,16H,9-11H2,(H,24,26). The van der Waals surface area contributed by atoms with E-state index in [9.17, 15) is 9.59 Å². The van der Waals surface area contributed by atoms with Crippen LogP contribution in [0.25, 0.3) is 0 Å². The molecule has 132 valence electrons. The summed E-state index contributed by atoms with van der Waals surface area (Å²) in [7, 11) is 0. The molecule has 2 unspecified atom stereocenters. The van der Waals surface area contributed by atoms with E-state index in [-0.39, 0.29) is 23.5 Å². The van der Waals surface area contributed by atoms with Gasteiger partial charge >= 0.3 is 0 Å². The predicted molar refractivity (Wildman–Crippen MR) is 105 cm³/mol. The van der Waals surface area contributed by atoms with Crippen LogP contribution in [-0.4, -0.2) is 11.7 Å². The zero-order valence-electron chi connectivity index (χ0n) is 14.0. The minimum atomic E-state index is -0.174. The Labute approximate surface area is 165 Å². The number of benzene rings is 2. The maximum Gasteiger partial charge on any atom is 0.225 e. The van der Waals surface area contributed by atoms with Crippen LogP contribution in [0.4, 0.5) is 0 Å². The summed E-state index contributed by atoms with van der Waals surface area (Å²) in [6.45, 7) is 0. The van der Waals surface area contributed by atoms with E-state index in [2.05, 4.69) is 21.2 Å². The second-order valence-corrected chi connectivity index (χ2v) is 8.12. The van der Waals surface area contributed by atoms with Crippen molar-refractivity contribution in [3.63, 3.8) is 0 Å². The number of amides is 1. The number of carbonyl (C=O) groups excluding carboxylic acids is 2. The number of carbonyl (C=O) groups is 2. The Morgan fingerprint density at radius 1 is 0.962 bits per heavy atom. The molecule has 0 radical (unpaired) electrons. The van der Waals surface area contributed by atoms with Crippen molar-refractivity contribution < 1.29 is 9.59 Å². The average molecular weight is 431 g/mol. The molecule has 4 rings (SSSR count). The maximum atomic E-state index is 13.0. The quantitative estimate of drug-likeness (QED) is 0.720.